The number of benzene rings is 1. The molecule has 162 valence electrons. The van der Waals surface area contributed by atoms with Crippen molar-refractivity contribution in [2.45, 2.75) is 57.2 Å². The summed E-state index contributed by atoms with van der Waals surface area (Å²) in [5.74, 6) is 0.106. The van der Waals surface area contributed by atoms with E-state index in [-0.39, 0.29) is 23.2 Å². The Labute approximate surface area is 182 Å². The van der Waals surface area contributed by atoms with Crippen LogP contribution in [0.15, 0.2) is 48.8 Å². The Kier molecular flexibility index (Phi) is 5.26. The molecule has 5 rings (SSSR count). The molecule has 2 aromatic heterocycles. The Morgan fingerprint density at radius 3 is 2.97 bits per heavy atom. The van der Waals surface area contributed by atoms with Crippen molar-refractivity contribution in [2.75, 3.05) is 13.1 Å². The fourth-order valence-corrected chi connectivity index (χ4v) is 5.56. The summed E-state index contributed by atoms with van der Waals surface area (Å²) in [6.07, 6.45) is 7.55. The molecule has 2 aliphatic rings. The van der Waals surface area contributed by atoms with Crippen molar-refractivity contribution in [3.05, 3.63) is 65.9 Å². The van der Waals surface area contributed by atoms with Gasteiger partial charge in [-0.1, -0.05) is 12.5 Å². The van der Waals surface area contributed by atoms with Gasteiger partial charge in [0.2, 0.25) is 5.91 Å². The van der Waals surface area contributed by atoms with Gasteiger partial charge in [0.1, 0.15) is 5.82 Å². The maximum Gasteiger partial charge on any atom is 0.220 e. The maximum absolute atomic E-state index is 13.8. The summed E-state index contributed by atoms with van der Waals surface area (Å²) in [5, 5.41) is 4.50. The molecule has 2 atom stereocenters. The molecular formula is C25H29FN4O. The van der Waals surface area contributed by atoms with Crippen molar-refractivity contribution in [2.24, 2.45) is 0 Å². The fourth-order valence-electron chi connectivity index (χ4n) is 5.56. The molecule has 0 saturated carbocycles. The molecule has 6 heteroatoms. The van der Waals surface area contributed by atoms with Gasteiger partial charge < -0.3 is 9.88 Å². The number of aromatic nitrogens is 2. The molecule has 2 aliphatic heterocycles. The fraction of sp³-hybridized carbons (Fsp3) is 0.440. The van der Waals surface area contributed by atoms with Gasteiger partial charge in [0.25, 0.3) is 0 Å². The highest BCUT2D eigenvalue weighted by Gasteiger charge is 2.49. The minimum atomic E-state index is -0.281. The first-order chi connectivity index (χ1) is 15.1. The Bertz CT molecular complexity index is 1100. The second kappa shape index (κ2) is 8.08. The summed E-state index contributed by atoms with van der Waals surface area (Å²) < 4.78 is 16.0. The zero-order valence-corrected chi connectivity index (χ0v) is 18.0. The summed E-state index contributed by atoms with van der Waals surface area (Å²) in [4.78, 5) is 19.6. The molecule has 5 nitrogen and oxygen atoms in total. The number of halogens is 1. The number of nitrogens with one attached hydrogen (secondary N) is 1. The first kappa shape index (κ1) is 20.2. The predicted octanol–water partition coefficient (Wildman–Crippen LogP) is 4.22. The van der Waals surface area contributed by atoms with E-state index in [0.29, 0.717) is 6.42 Å². The number of carbonyl (C=O) groups excluding carboxylic acids is 1. The average molecular weight is 421 g/mol. The molecule has 1 amide bonds. The van der Waals surface area contributed by atoms with Crippen molar-refractivity contribution in [3.63, 3.8) is 0 Å². The van der Waals surface area contributed by atoms with Gasteiger partial charge in [-0.05, 0) is 55.7 Å². The van der Waals surface area contributed by atoms with Crippen molar-refractivity contribution >= 4 is 16.8 Å². The zero-order valence-electron chi connectivity index (χ0n) is 18.0. The lowest BCUT2D eigenvalue weighted by atomic mass is 9.81. The van der Waals surface area contributed by atoms with Crippen LogP contribution in [0.4, 0.5) is 4.39 Å². The molecule has 2 fully saturated rings. The van der Waals surface area contributed by atoms with E-state index in [2.05, 4.69) is 39.0 Å². The van der Waals surface area contributed by atoms with E-state index in [1.165, 1.54) is 5.56 Å². The van der Waals surface area contributed by atoms with Crippen LogP contribution in [0.5, 0.6) is 0 Å². The van der Waals surface area contributed by atoms with E-state index in [1.54, 1.807) is 12.1 Å². The summed E-state index contributed by atoms with van der Waals surface area (Å²) in [6.45, 7) is 5.31. The summed E-state index contributed by atoms with van der Waals surface area (Å²) >= 11 is 0. The highest BCUT2D eigenvalue weighted by Crippen LogP contribution is 2.41. The normalized spacial score (nSPS) is 24.6. The van der Waals surface area contributed by atoms with E-state index in [0.717, 1.165) is 62.0 Å². The van der Waals surface area contributed by atoms with Crippen molar-refractivity contribution in [1.82, 2.24) is 19.8 Å². The van der Waals surface area contributed by atoms with Crippen LogP contribution in [0.1, 0.15) is 49.8 Å². The highest BCUT2D eigenvalue weighted by molar-refractivity contribution is 5.84. The Morgan fingerprint density at radius 2 is 2.16 bits per heavy atom. The van der Waals surface area contributed by atoms with Crippen molar-refractivity contribution < 1.29 is 9.18 Å². The molecule has 31 heavy (non-hydrogen) atoms. The number of hydrogen-bond acceptors (Lipinski definition) is 3. The highest BCUT2D eigenvalue weighted by atomic mass is 19.1. The number of hydrogen-bond donors (Lipinski definition) is 1. The molecule has 4 heterocycles. The van der Waals surface area contributed by atoms with Crippen LogP contribution in [0, 0.1) is 5.82 Å². The minimum Gasteiger partial charge on any atom is -0.349 e. The number of nitrogens with zero attached hydrogens (tertiary/aromatic N) is 3. The van der Waals surface area contributed by atoms with Crippen LogP contribution in [-0.2, 0) is 17.9 Å². The van der Waals surface area contributed by atoms with Crippen LogP contribution in [0.2, 0.25) is 0 Å². The number of carbonyl (C=O) groups is 1. The number of pyridine rings is 1. The predicted molar refractivity (Wildman–Crippen MR) is 119 cm³/mol. The molecule has 1 N–H and O–H groups in total. The number of rotatable bonds is 4. The SMILES string of the molecule is CCn1cc(CN2C[C@@H](c3ccccn3)[C@@]3(CCCCC(=O)N3)C2)c2ccc(F)cc21. The molecular weight excluding hydrogens is 391 g/mol. The monoisotopic (exact) mass is 420 g/mol. The quantitative estimate of drug-likeness (QED) is 0.687. The smallest absolute Gasteiger partial charge is 0.220 e. The van der Waals surface area contributed by atoms with Crippen molar-refractivity contribution in [3.8, 4) is 0 Å². The van der Waals surface area contributed by atoms with Gasteiger partial charge in [-0.3, -0.25) is 14.7 Å². The lowest BCUT2D eigenvalue weighted by Crippen LogP contribution is -2.52. The van der Waals surface area contributed by atoms with Crippen LogP contribution in [-0.4, -0.2) is 39.0 Å². The molecule has 0 unspecified atom stereocenters. The second-order valence-electron chi connectivity index (χ2n) is 8.99. The van der Waals surface area contributed by atoms with E-state index in [9.17, 15) is 9.18 Å². The Morgan fingerprint density at radius 1 is 1.26 bits per heavy atom. The largest absolute Gasteiger partial charge is 0.349 e. The van der Waals surface area contributed by atoms with Gasteiger partial charge in [0, 0.05) is 62.0 Å². The molecule has 0 bridgehead atoms. The third-order valence-electron chi connectivity index (χ3n) is 6.98. The van der Waals surface area contributed by atoms with Gasteiger partial charge in [0.05, 0.1) is 11.1 Å². The number of likely N-dealkylation sites (tertiary alicyclic amines) is 1. The van der Waals surface area contributed by atoms with Crippen LogP contribution in [0.3, 0.4) is 0 Å². The van der Waals surface area contributed by atoms with Crippen molar-refractivity contribution in [1.29, 1.82) is 0 Å². The summed E-state index contributed by atoms with van der Waals surface area (Å²) in [5.41, 5.74) is 2.91. The van der Waals surface area contributed by atoms with Gasteiger partial charge >= 0.3 is 0 Å². The first-order valence-electron chi connectivity index (χ1n) is 11.3. The average Bonchev–Trinajstić information content (AvgIpc) is 3.22. The molecule has 3 aromatic rings. The van der Waals surface area contributed by atoms with Crippen LogP contribution >= 0.6 is 0 Å². The van der Waals surface area contributed by atoms with E-state index in [4.69, 9.17) is 0 Å². The lowest BCUT2D eigenvalue weighted by Gasteiger charge is -2.34. The first-order valence-corrected chi connectivity index (χ1v) is 11.3. The molecule has 1 spiro atoms. The molecule has 2 saturated heterocycles. The third-order valence-corrected chi connectivity index (χ3v) is 6.98. The third kappa shape index (κ3) is 3.74. The number of aryl methyl sites for hydroxylation is 1. The minimum absolute atomic E-state index is 0.151. The van der Waals surface area contributed by atoms with Gasteiger partial charge in [-0.15, -0.1) is 0 Å². The number of amides is 1. The molecule has 1 aromatic carbocycles. The molecule has 0 radical (unpaired) electrons. The summed E-state index contributed by atoms with van der Waals surface area (Å²) in [6, 6.07) is 11.1. The van der Waals surface area contributed by atoms with E-state index < -0.39 is 0 Å². The molecule has 0 aliphatic carbocycles. The second-order valence-corrected chi connectivity index (χ2v) is 8.99. The van der Waals surface area contributed by atoms with Crippen LogP contribution in [0.25, 0.3) is 10.9 Å². The summed E-state index contributed by atoms with van der Waals surface area (Å²) in [7, 11) is 0. The lowest BCUT2D eigenvalue weighted by molar-refractivity contribution is -0.122. The number of fused-ring (bicyclic) bond motifs is 1. The zero-order chi connectivity index (χ0) is 21.4. The van der Waals surface area contributed by atoms with Gasteiger partial charge in [-0.2, -0.15) is 0 Å². The maximum atomic E-state index is 13.8. The topological polar surface area (TPSA) is 50.2 Å². The Balaban J connectivity index is 1.49. The Hall–Kier alpha value is -2.73. The van der Waals surface area contributed by atoms with E-state index in [1.807, 2.05) is 24.4 Å². The van der Waals surface area contributed by atoms with Crippen LogP contribution < -0.4 is 5.32 Å². The van der Waals surface area contributed by atoms with Gasteiger partial charge in [0.15, 0.2) is 0 Å². The standard InChI is InChI=1S/C25H29FN4O/c1-2-30-15-18(20-10-9-19(26)13-23(20)30)14-29-16-21(22-7-4-6-12-27-22)25(17-29)11-5-3-8-24(31)28-25/h4,6-7,9-10,12-13,15,21H,2-3,5,8,11,14,16-17H2,1H3,(H,28,31)/t21-,25+/m0/s1. The van der Waals surface area contributed by atoms with Gasteiger partial charge in [-0.25, -0.2) is 4.39 Å². The van der Waals surface area contributed by atoms with E-state index >= 15 is 0 Å².